The normalized spacial score (nSPS) is 18.5. The molecule has 0 saturated carbocycles. The van der Waals surface area contributed by atoms with Gasteiger partial charge in [0, 0.05) is 45.8 Å². The molecule has 2 atom stereocenters. The Kier molecular flexibility index (Phi) is 4.55. The van der Waals surface area contributed by atoms with Crippen molar-refractivity contribution < 1.29 is 9.13 Å². The molecule has 2 N–H and O–H groups in total. The van der Waals surface area contributed by atoms with Gasteiger partial charge in [0.15, 0.2) is 11.6 Å². The molecule has 1 aromatic carbocycles. The van der Waals surface area contributed by atoms with E-state index in [-0.39, 0.29) is 11.7 Å². The van der Waals surface area contributed by atoms with Gasteiger partial charge in [-0.15, -0.1) is 11.3 Å². The first-order valence-corrected chi connectivity index (χ1v) is 12.1. The first kappa shape index (κ1) is 20.4. The summed E-state index contributed by atoms with van der Waals surface area (Å²) < 4.78 is 22.7. The number of aromatic nitrogens is 4. The number of benzene rings is 1. The summed E-state index contributed by atoms with van der Waals surface area (Å²) in [7, 11) is 0. The van der Waals surface area contributed by atoms with Crippen molar-refractivity contribution in [3.8, 4) is 28.3 Å². The number of ether oxygens (including phenoxy) is 1. The van der Waals surface area contributed by atoms with Gasteiger partial charge in [-0.1, -0.05) is 0 Å². The molecule has 4 aromatic rings. The minimum atomic E-state index is -0.445. The third-order valence-electron chi connectivity index (χ3n) is 6.63. The zero-order chi connectivity index (χ0) is 22.9. The summed E-state index contributed by atoms with van der Waals surface area (Å²) in [6, 6.07) is 6.79. The predicted molar refractivity (Wildman–Crippen MR) is 127 cm³/mol. The van der Waals surface area contributed by atoms with Gasteiger partial charge in [-0.3, -0.25) is 4.68 Å². The Balaban J connectivity index is 1.70. The van der Waals surface area contributed by atoms with Crippen molar-refractivity contribution in [2.24, 2.45) is 0 Å². The van der Waals surface area contributed by atoms with Crippen molar-refractivity contribution in [2.45, 2.75) is 52.2 Å². The highest BCUT2D eigenvalue weighted by molar-refractivity contribution is 7.12. The van der Waals surface area contributed by atoms with Gasteiger partial charge in [0.05, 0.1) is 22.1 Å². The minimum Gasteiger partial charge on any atom is -0.482 e. The summed E-state index contributed by atoms with van der Waals surface area (Å²) in [6.07, 6.45) is 3.24. The average molecular weight is 462 g/mol. The molecule has 1 aliphatic carbocycles. The Labute approximate surface area is 195 Å². The van der Waals surface area contributed by atoms with Crippen molar-refractivity contribution in [1.29, 1.82) is 0 Å². The van der Waals surface area contributed by atoms with E-state index >= 15 is 0 Å². The molecule has 0 spiro atoms. The molecule has 4 heterocycles. The van der Waals surface area contributed by atoms with Crippen LogP contribution in [0.2, 0.25) is 0 Å². The van der Waals surface area contributed by atoms with Gasteiger partial charge < -0.3 is 10.5 Å². The Bertz CT molecular complexity index is 1410. The van der Waals surface area contributed by atoms with Crippen LogP contribution in [0.3, 0.4) is 0 Å². The van der Waals surface area contributed by atoms with Crippen LogP contribution in [0.4, 0.5) is 10.2 Å². The largest absolute Gasteiger partial charge is 0.482 e. The van der Waals surface area contributed by atoms with Gasteiger partial charge in [-0.05, 0) is 57.9 Å². The zero-order valence-corrected chi connectivity index (χ0v) is 19.5. The summed E-state index contributed by atoms with van der Waals surface area (Å²) in [5, 5.41) is 5.93. The number of nitrogen functional groups attached to an aromatic ring is 1. The van der Waals surface area contributed by atoms with Gasteiger partial charge in [0.2, 0.25) is 0 Å². The van der Waals surface area contributed by atoms with E-state index in [2.05, 4.69) is 16.6 Å². The van der Waals surface area contributed by atoms with Crippen molar-refractivity contribution in [3.63, 3.8) is 0 Å². The third kappa shape index (κ3) is 3.08. The van der Waals surface area contributed by atoms with Crippen LogP contribution in [0.1, 0.15) is 59.0 Å². The summed E-state index contributed by atoms with van der Waals surface area (Å²) >= 11 is 1.71. The lowest BCUT2D eigenvalue weighted by atomic mass is 9.91. The van der Waals surface area contributed by atoms with E-state index in [1.807, 2.05) is 26.0 Å². The quantitative estimate of drug-likeness (QED) is 0.396. The fraction of sp³-hybridized carbons (Fsp3) is 0.320. The van der Waals surface area contributed by atoms with Crippen LogP contribution in [-0.2, 0) is 13.0 Å². The molecule has 2 bridgehead atoms. The van der Waals surface area contributed by atoms with Crippen molar-refractivity contribution >= 4 is 17.2 Å². The molecule has 8 heteroatoms. The fourth-order valence-electron chi connectivity index (χ4n) is 5.19. The standard InChI is InChI=1S/C25H24FN5OS/c1-4-31-23-14-9-20(25(27)28-11-14)32-12(2)18-10-15(26)5-6-16(18)22-24(33-13(3)29-22)17-7-8-19(30-31)21(17)23/h5-6,9-12,17H,4,7-8H2,1-3H3,(H2,27,28)/t12-,17?/m1/s1. The number of thiazole rings is 1. The molecule has 0 radical (unpaired) electrons. The van der Waals surface area contributed by atoms with Crippen LogP contribution < -0.4 is 10.5 Å². The van der Waals surface area contributed by atoms with Crippen LogP contribution in [0.25, 0.3) is 22.5 Å². The van der Waals surface area contributed by atoms with E-state index in [1.165, 1.54) is 22.6 Å². The molecule has 168 valence electrons. The van der Waals surface area contributed by atoms with E-state index in [0.29, 0.717) is 11.6 Å². The van der Waals surface area contributed by atoms with Crippen molar-refractivity contribution in [3.05, 3.63) is 63.0 Å². The molecular weight excluding hydrogens is 437 g/mol. The van der Waals surface area contributed by atoms with Crippen LogP contribution in [-0.4, -0.2) is 19.7 Å². The van der Waals surface area contributed by atoms with Crippen LogP contribution in [0, 0.1) is 12.7 Å². The zero-order valence-electron chi connectivity index (χ0n) is 18.7. The molecule has 6 nitrogen and oxygen atoms in total. The Hall–Kier alpha value is -3.26. The number of hydrogen-bond donors (Lipinski definition) is 1. The van der Waals surface area contributed by atoms with E-state index < -0.39 is 6.10 Å². The number of hydrogen-bond acceptors (Lipinski definition) is 6. The van der Waals surface area contributed by atoms with Crippen molar-refractivity contribution in [2.75, 3.05) is 5.73 Å². The molecule has 3 aromatic heterocycles. The summed E-state index contributed by atoms with van der Waals surface area (Å²) in [5.74, 6) is 0.657. The fourth-order valence-corrected chi connectivity index (χ4v) is 6.27. The maximum atomic E-state index is 14.4. The van der Waals surface area contributed by atoms with E-state index in [1.54, 1.807) is 17.5 Å². The molecule has 0 fully saturated rings. The predicted octanol–water partition coefficient (Wildman–Crippen LogP) is 5.65. The number of aryl methyl sites for hydroxylation is 3. The number of pyridine rings is 1. The monoisotopic (exact) mass is 461 g/mol. The molecule has 1 unspecified atom stereocenters. The molecule has 2 aliphatic rings. The average Bonchev–Trinajstić information content (AvgIpc) is 3.47. The maximum absolute atomic E-state index is 14.4. The minimum absolute atomic E-state index is 0.172. The van der Waals surface area contributed by atoms with E-state index in [0.717, 1.165) is 58.2 Å². The number of rotatable bonds is 1. The Morgan fingerprint density at radius 1 is 1.30 bits per heavy atom. The van der Waals surface area contributed by atoms with Gasteiger partial charge in [-0.25, -0.2) is 14.4 Å². The number of nitrogens with two attached hydrogens (primary N) is 1. The van der Waals surface area contributed by atoms with Gasteiger partial charge >= 0.3 is 0 Å². The number of anilines is 1. The molecule has 33 heavy (non-hydrogen) atoms. The second kappa shape index (κ2) is 7.38. The Morgan fingerprint density at radius 2 is 2.15 bits per heavy atom. The number of nitrogens with zero attached hydrogens (tertiary/aromatic N) is 4. The first-order valence-electron chi connectivity index (χ1n) is 11.2. The highest BCUT2D eigenvalue weighted by Gasteiger charge is 2.36. The Morgan fingerprint density at radius 3 is 2.97 bits per heavy atom. The lowest BCUT2D eigenvalue weighted by Crippen LogP contribution is -2.10. The van der Waals surface area contributed by atoms with E-state index in [4.69, 9.17) is 20.6 Å². The summed E-state index contributed by atoms with van der Waals surface area (Å²) in [4.78, 5) is 10.6. The highest BCUT2D eigenvalue weighted by Crippen LogP contribution is 2.49. The van der Waals surface area contributed by atoms with E-state index in [9.17, 15) is 4.39 Å². The van der Waals surface area contributed by atoms with Gasteiger partial charge in [0.25, 0.3) is 0 Å². The molecular formula is C25H24FN5OS. The first-order chi connectivity index (χ1) is 15.9. The number of fused-ring (bicyclic) bond motifs is 7. The molecule has 0 saturated heterocycles. The molecule has 1 aliphatic heterocycles. The summed E-state index contributed by atoms with van der Waals surface area (Å²) in [6.45, 7) is 6.78. The van der Waals surface area contributed by atoms with Crippen molar-refractivity contribution in [1.82, 2.24) is 19.7 Å². The smallest absolute Gasteiger partial charge is 0.166 e. The number of halogens is 1. The maximum Gasteiger partial charge on any atom is 0.166 e. The topological polar surface area (TPSA) is 78.9 Å². The second-order valence-electron chi connectivity index (χ2n) is 8.66. The lowest BCUT2D eigenvalue weighted by Gasteiger charge is -2.22. The third-order valence-corrected chi connectivity index (χ3v) is 7.71. The van der Waals surface area contributed by atoms with Gasteiger partial charge in [0.1, 0.15) is 11.9 Å². The second-order valence-corrected chi connectivity index (χ2v) is 9.90. The SMILES string of the molecule is CCn1nc2c3c1-c1cnc(N)c(c1)O[C@H](C)c1cc(F)ccc1-c1nc(C)sc1C3CC2. The van der Waals surface area contributed by atoms with Gasteiger partial charge in [-0.2, -0.15) is 5.10 Å². The lowest BCUT2D eigenvalue weighted by molar-refractivity contribution is 0.227. The summed E-state index contributed by atoms with van der Waals surface area (Å²) in [5.41, 5.74) is 13.1. The van der Waals surface area contributed by atoms with Crippen LogP contribution in [0.5, 0.6) is 5.75 Å². The highest BCUT2D eigenvalue weighted by atomic mass is 32.1. The van der Waals surface area contributed by atoms with Crippen LogP contribution >= 0.6 is 11.3 Å². The molecule has 0 amide bonds. The van der Waals surface area contributed by atoms with Crippen LogP contribution in [0.15, 0.2) is 30.5 Å². The molecule has 6 rings (SSSR count).